The lowest BCUT2D eigenvalue weighted by Crippen LogP contribution is -2.54. The fourth-order valence-corrected chi connectivity index (χ4v) is 5.52. The van der Waals surface area contributed by atoms with Crippen LogP contribution < -0.4 is 0 Å². The second-order valence-electron chi connectivity index (χ2n) is 7.81. The van der Waals surface area contributed by atoms with Crippen molar-refractivity contribution in [3.05, 3.63) is 47.8 Å². The largest absolute Gasteiger partial charge is 0.339 e. The maximum Gasteiger partial charge on any atom is 0.222 e. The first-order valence-electron chi connectivity index (χ1n) is 10.8. The number of para-hydroxylation sites is 1. The quantitative estimate of drug-likeness (QED) is 0.387. The smallest absolute Gasteiger partial charge is 0.222 e. The van der Waals surface area contributed by atoms with E-state index in [1.165, 1.54) is 0 Å². The van der Waals surface area contributed by atoms with E-state index in [1.807, 2.05) is 52.4 Å². The van der Waals surface area contributed by atoms with E-state index in [1.54, 1.807) is 30.0 Å². The van der Waals surface area contributed by atoms with Crippen LogP contribution in [0.25, 0.3) is 16.4 Å². The van der Waals surface area contributed by atoms with Crippen molar-refractivity contribution in [2.75, 3.05) is 25.4 Å². The van der Waals surface area contributed by atoms with E-state index in [2.05, 4.69) is 26.9 Å². The average molecular weight is 470 g/mol. The highest BCUT2D eigenvalue weighted by Gasteiger charge is 2.27. The molecule has 7 nitrogen and oxygen atoms in total. The zero-order chi connectivity index (χ0) is 22.5. The van der Waals surface area contributed by atoms with Crippen molar-refractivity contribution in [3.8, 4) is 16.4 Å². The second-order valence-corrected chi connectivity index (χ2v) is 9.82. The van der Waals surface area contributed by atoms with Crippen molar-refractivity contribution in [3.63, 3.8) is 0 Å². The van der Waals surface area contributed by atoms with Crippen molar-refractivity contribution in [2.45, 2.75) is 37.9 Å². The van der Waals surface area contributed by atoms with Gasteiger partial charge in [-0.25, -0.2) is 0 Å². The summed E-state index contributed by atoms with van der Waals surface area (Å²) in [5.41, 5.74) is 1.02. The molecule has 3 aromatic rings. The normalized spacial score (nSPS) is 16.4. The minimum absolute atomic E-state index is 0.0691. The number of thioether (sulfide) groups is 1. The van der Waals surface area contributed by atoms with E-state index in [0.717, 1.165) is 33.7 Å². The first kappa shape index (κ1) is 22.5. The van der Waals surface area contributed by atoms with Gasteiger partial charge in [-0.3, -0.25) is 14.2 Å². The van der Waals surface area contributed by atoms with Crippen LogP contribution in [0.3, 0.4) is 0 Å². The second kappa shape index (κ2) is 10.3. The minimum atomic E-state index is 0.0691. The molecule has 3 heterocycles. The Hall–Kier alpha value is -2.65. The number of hydrogen-bond donors (Lipinski definition) is 0. The highest BCUT2D eigenvalue weighted by Crippen LogP contribution is 2.30. The Balaban J connectivity index is 1.36. The molecule has 0 radical (unpaired) electrons. The molecule has 1 aliphatic rings. The molecular formula is C23H27N5O2S2. The zero-order valence-corrected chi connectivity index (χ0v) is 19.9. The Kier molecular flexibility index (Phi) is 7.26. The Morgan fingerprint density at radius 1 is 1.12 bits per heavy atom. The van der Waals surface area contributed by atoms with Crippen LogP contribution in [0.1, 0.15) is 26.7 Å². The van der Waals surface area contributed by atoms with Crippen LogP contribution in [-0.4, -0.2) is 67.8 Å². The van der Waals surface area contributed by atoms with Crippen LogP contribution in [0.2, 0.25) is 0 Å². The van der Waals surface area contributed by atoms with Crippen molar-refractivity contribution < 1.29 is 9.59 Å². The van der Waals surface area contributed by atoms with Gasteiger partial charge in [-0.05, 0) is 36.9 Å². The summed E-state index contributed by atoms with van der Waals surface area (Å²) in [7, 11) is 0. The molecule has 1 fully saturated rings. The fourth-order valence-electron chi connectivity index (χ4n) is 3.94. The molecule has 4 rings (SSSR count). The number of thiophene rings is 1. The van der Waals surface area contributed by atoms with Gasteiger partial charge in [-0.1, -0.05) is 36.0 Å². The fraction of sp³-hybridized carbons (Fsp3) is 0.391. The number of hydrogen-bond acceptors (Lipinski definition) is 6. The maximum atomic E-state index is 12.7. The number of aromatic nitrogens is 3. The van der Waals surface area contributed by atoms with Crippen LogP contribution in [-0.2, 0) is 9.59 Å². The number of amides is 2. The third-order valence-corrected chi connectivity index (χ3v) is 7.42. The molecule has 0 aliphatic carbocycles. The van der Waals surface area contributed by atoms with Gasteiger partial charge in [0.15, 0.2) is 11.0 Å². The summed E-state index contributed by atoms with van der Waals surface area (Å²) in [6.07, 6.45) is 1.26. The summed E-state index contributed by atoms with van der Waals surface area (Å²) in [5.74, 6) is 1.85. The molecular weight excluding hydrogens is 442 g/mol. The van der Waals surface area contributed by atoms with E-state index in [-0.39, 0.29) is 17.9 Å². The molecule has 9 heteroatoms. The van der Waals surface area contributed by atoms with Gasteiger partial charge in [-0.15, -0.1) is 21.5 Å². The summed E-state index contributed by atoms with van der Waals surface area (Å²) < 4.78 is 2.08. The van der Waals surface area contributed by atoms with Gasteiger partial charge >= 0.3 is 0 Å². The molecule has 1 aliphatic heterocycles. The van der Waals surface area contributed by atoms with E-state index in [9.17, 15) is 9.59 Å². The number of benzene rings is 1. The highest BCUT2D eigenvalue weighted by molar-refractivity contribution is 7.99. The Morgan fingerprint density at radius 2 is 1.94 bits per heavy atom. The van der Waals surface area contributed by atoms with Crippen LogP contribution in [0, 0.1) is 0 Å². The van der Waals surface area contributed by atoms with E-state index >= 15 is 0 Å². The predicted octanol–water partition coefficient (Wildman–Crippen LogP) is 3.95. The van der Waals surface area contributed by atoms with Gasteiger partial charge in [0.05, 0.1) is 4.88 Å². The number of carbonyl (C=O) groups is 2. The summed E-state index contributed by atoms with van der Waals surface area (Å²) >= 11 is 3.26. The molecule has 0 saturated carbocycles. The van der Waals surface area contributed by atoms with Gasteiger partial charge in [0.2, 0.25) is 11.8 Å². The SMILES string of the molecule is CC(=O)N1CCN(C(=O)CCCSc2nnc(-c3cccs3)n2-c2ccccc2)CC1C. The molecule has 0 N–H and O–H groups in total. The molecule has 1 aromatic carbocycles. The van der Waals surface area contributed by atoms with Crippen LogP contribution in [0.5, 0.6) is 0 Å². The Labute approximate surface area is 196 Å². The molecule has 1 atom stereocenters. The van der Waals surface area contributed by atoms with E-state index in [0.29, 0.717) is 26.1 Å². The number of nitrogens with zero attached hydrogens (tertiary/aromatic N) is 5. The van der Waals surface area contributed by atoms with Crippen molar-refractivity contribution in [1.29, 1.82) is 0 Å². The lowest BCUT2D eigenvalue weighted by Gasteiger charge is -2.39. The molecule has 168 valence electrons. The lowest BCUT2D eigenvalue weighted by molar-refractivity contribution is -0.141. The molecule has 1 unspecified atom stereocenters. The van der Waals surface area contributed by atoms with Crippen molar-refractivity contribution in [2.24, 2.45) is 0 Å². The van der Waals surface area contributed by atoms with Gasteiger partial charge in [0.1, 0.15) is 0 Å². The van der Waals surface area contributed by atoms with Crippen molar-refractivity contribution >= 4 is 34.9 Å². The number of rotatable bonds is 7. The highest BCUT2D eigenvalue weighted by atomic mass is 32.2. The summed E-state index contributed by atoms with van der Waals surface area (Å²) in [4.78, 5) is 29.1. The van der Waals surface area contributed by atoms with E-state index < -0.39 is 0 Å². The summed E-state index contributed by atoms with van der Waals surface area (Å²) in [6, 6.07) is 14.2. The van der Waals surface area contributed by atoms with Crippen LogP contribution >= 0.6 is 23.1 Å². The monoisotopic (exact) mass is 469 g/mol. The standard InChI is InChI=1S/C23H27N5O2S2/c1-17-16-26(12-13-27(17)18(2)29)21(30)11-7-15-32-23-25-24-22(20-10-6-14-31-20)28(23)19-8-4-3-5-9-19/h3-6,8-10,14,17H,7,11-13,15-16H2,1-2H3. The lowest BCUT2D eigenvalue weighted by atomic mass is 10.1. The van der Waals surface area contributed by atoms with Gasteiger partial charge < -0.3 is 9.80 Å². The van der Waals surface area contributed by atoms with Gasteiger partial charge in [0.25, 0.3) is 0 Å². The number of piperazine rings is 1. The summed E-state index contributed by atoms with van der Waals surface area (Å²) in [5, 5.41) is 11.8. The topological polar surface area (TPSA) is 71.3 Å². The van der Waals surface area contributed by atoms with Crippen molar-refractivity contribution in [1.82, 2.24) is 24.6 Å². The van der Waals surface area contributed by atoms with Crippen LogP contribution in [0.15, 0.2) is 53.0 Å². The zero-order valence-electron chi connectivity index (χ0n) is 18.3. The minimum Gasteiger partial charge on any atom is -0.339 e. The molecule has 32 heavy (non-hydrogen) atoms. The van der Waals surface area contributed by atoms with Crippen LogP contribution in [0.4, 0.5) is 0 Å². The molecule has 0 spiro atoms. The molecule has 2 aromatic heterocycles. The maximum absolute atomic E-state index is 12.7. The average Bonchev–Trinajstić information content (AvgIpc) is 3.46. The van der Waals surface area contributed by atoms with E-state index in [4.69, 9.17) is 0 Å². The molecule has 0 bridgehead atoms. The summed E-state index contributed by atoms with van der Waals surface area (Å²) in [6.45, 7) is 5.42. The third-order valence-electron chi connectivity index (χ3n) is 5.54. The predicted molar refractivity (Wildman–Crippen MR) is 128 cm³/mol. The van der Waals surface area contributed by atoms with Gasteiger partial charge in [0, 0.05) is 50.5 Å². The molecule has 1 saturated heterocycles. The first-order chi connectivity index (χ1) is 15.5. The van der Waals surface area contributed by atoms with Gasteiger partial charge in [-0.2, -0.15) is 0 Å². The first-order valence-corrected chi connectivity index (χ1v) is 12.6. The number of carbonyl (C=O) groups excluding carboxylic acids is 2. The molecule has 2 amide bonds. The third kappa shape index (κ3) is 5.05. The Bertz CT molecular complexity index is 1050. The Morgan fingerprint density at radius 3 is 2.62 bits per heavy atom.